The van der Waals surface area contributed by atoms with Gasteiger partial charge in [-0.1, -0.05) is 30.8 Å². The Bertz CT molecular complexity index is 680. The van der Waals surface area contributed by atoms with Crippen molar-refractivity contribution < 1.29 is 9.53 Å². The summed E-state index contributed by atoms with van der Waals surface area (Å²) in [6.07, 6.45) is -0.461. The van der Waals surface area contributed by atoms with Crippen LogP contribution in [0.5, 0.6) is 0 Å². The number of hydrogen-bond acceptors (Lipinski definition) is 4. The van der Waals surface area contributed by atoms with Crippen LogP contribution >= 0.6 is 0 Å². The molecule has 2 aromatic rings. The van der Waals surface area contributed by atoms with E-state index < -0.39 is 12.1 Å². The molecule has 4 nitrogen and oxygen atoms in total. The fourth-order valence-electron chi connectivity index (χ4n) is 2.43. The third kappa shape index (κ3) is 4.63. The number of esters is 1. The second-order valence-corrected chi connectivity index (χ2v) is 6.54. The summed E-state index contributed by atoms with van der Waals surface area (Å²) >= 11 is 0. The first-order chi connectivity index (χ1) is 11.8. The van der Waals surface area contributed by atoms with Gasteiger partial charge in [0.25, 0.3) is 0 Å². The lowest BCUT2D eigenvalue weighted by Crippen LogP contribution is -2.14. The monoisotopic (exact) mass is 338 g/mol. The summed E-state index contributed by atoms with van der Waals surface area (Å²) in [4.78, 5) is 16.2. The summed E-state index contributed by atoms with van der Waals surface area (Å²) < 4.78 is 5.72. The van der Waals surface area contributed by atoms with Crippen LogP contribution in [-0.2, 0) is 9.53 Å². The molecule has 0 saturated carbocycles. The molecule has 0 radical (unpaired) electrons. The zero-order valence-electron chi connectivity index (χ0n) is 15.6. The van der Waals surface area contributed by atoms with Crippen molar-refractivity contribution >= 4 is 17.3 Å². The van der Waals surface area contributed by atoms with E-state index in [1.165, 1.54) is 0 Å². The minimum atomic E-state index is -0.461. The summed E-state index contributed by atoms with van der Waals surface area (Å²) in [6, 6.07) is 16.0. The molecule has 0 N–H and O–H groups in total. The van der Waals surface area contributed by atoms with Gasteiger partial charge in [0.1, 0.15) is 0 Å². The van der Waals surface area contributed by atoms with Crippen molar-refractivity contribution in [1.29, 1.82) is 0 Å². The molecule has 0 aliphatic rings. The van der Waals surface area contributed by atoms with Crippen molar-refractivity contribution in [1.82, 2.24) is 0 Å². The number of rotatable bonds is 6. The first-order valence-corrected chi connectivity index (χ1v) is 8.20. The van der Waals surface area contributed by atoms with Crippen molar-refractivity contribution in [3.05, 3.63) is 71.8 Å². The maximum absolute atomic E-state index is 12.1. The van der Waals surface area contributed by atoms with Crippen molar-refractivity contribution in [2.24, 2.45) is 0 Å². The van der Waals surface area contributed by atoms with E-state index in [1.807, 2.05) is 86.5 Å². The molecule has 0 amide bonds. The summed E-state index contributed by atoms with van der Waals surface area (Å²) in [5, 5.41) is 0. The summed E-state index contributed by atoms with van der Waals surface area (Å²) in [7, 11) is 7.97. The SMILES string of the molecule is C=C(C)C(=O)OC(c1ccc(N(C)C)cc1)c1ccc(N(C)C)cc1. The average Bonchev–Trinajstić information content (AvgIpc) is 2.59. The van der Waals surface area contributed by atoms with Crippen LogP contribution in [0.2, 0.25) is 0 Å². The lowest BCUT2D eigenvalue weighted by Gasteiger charge is -2.21. The topological polar surface area (TPSA) is 32.8 Å². The van der Waals surface area contributed by atoms with Crippen LogP contribution in [0.3, 0.4) is 0 Å². The third-order valence-electron chi connectivity index (χ3n) is 4.00. The number of ether oxygens (including phenoxy) is 1. The highest BCUT2D eigenvalue weighted by molar-refractivity contribution is 5.87. The smallest absolute Gasteiger partial charge is 0.334 e. The summed E-state index contributed by atoms with van der Waals surface area (Å²) in [5.74, 6) is -0.390. The van der Waals surface area contributed by atoms with Crippen molar-refractivity contribution in [2.75, 3.05) is 38.0 Å². The van der Waals surface area contributed by atoms with E-state index in [1.54, 1.807) is 6.92 Å². The maximum atomic E-state index is 12.1. The van der Waals surface area contributed by atoms with E-state index in [9.17, 15) is 4.79 Å². The lowest BCUT2D eigenvalue weighted by molar-refractivity contribution is -0.142. The molecule has 0 aliphatic heterocycles. The molecule has 4 heteroatoms. The van der Waals surface area contributed by atoms with Gasteiger partial charge < -0.3 is 14.5 Å². The van der Waals surface area contributed by atoms with Crippen LogP contribution in [-0.4, -0.2) is 34.2 Å². The van der Waals surface area contributed by atoms with Gasteiger partial charge in [0.05, 0.1) is 0 Å². The van der Waals surface area contributed by atoms with Gasteiger partial charge >= 0.3 is 5.97 Å². The second-order valence-electron chi connectivity index (χ2n) is 6.54. The van der Waals surface area contributed by atoms with Crippen LogP contribution < -0.4 is 9.80 Å². The third-order valence-corrected chi connectivity index (χ3v) is 4.00. The molecule has 0 saturated heterocycles. The highest BCUT2D eigenvalue weighted by Gasteiger charge is 2.20. The Morgan fingerprint density at radius 1 is 0.840 bits per heavy atom. The predicted molar refractivity (Wildman–Crippen MR) is 104 cm³/mol. The van der Waals surface area contributed by atoms with Crippen molar-refractivity contribution in [3.63, 3.8) is 0 Å². The van der Waals surface area contributed by atoms with Crippen LogP contribution in [0.1, 0.15) is 24.2 Å². The highest BCUT2D eigenvalue weighted by atomic mass is 16.5. The molecule has 0 heterocycles. The van der Waals surface area contributed by atoms with Gasteiger partial charge in [-0.25, -0.2) is 4.79 Å². The predicted octanol–water partition coefficient (Wildman–Crippen LogP) is 4.03. The number of benzene rings is 2. The zero-order valence-corrected chi connectivity index (χ0v) is 15.6. The van der Waals surface area contributed by atoms with Gasteiger partial charge in [-0.3, -0.25) is 0 Å². The van der Waals surface area contributed by atoms with Gasteiger partial charge in [-0.15, -0.1) is 0 Å². The van der Waals surface area contributed by atoms with E-state index in [0.717, 1.165) is 22.5 Å². The minimum absolute atomic E-state index is 0.389. The Balaban J connectivity index is 2.38. The fourth-order valence-corrected chi connectivity index (χ4v) is 2.43. The first kappa shape index (κ1) is 18.6. The minimum Gasteiger partial charge on any atom is -0.449 e. The van der Waals surface area contributed by atoms with Gasteiger partial charge in [-0.05, 0) is 42.3 Å². The Hall–Kier alpha value is -2.75. The standard InChI is InChI=1S/C21H26N2O2/c1-15(2)21(24)25-20(16-7-11-18(12-8-16)22(3)4)17-9-13-19(14-10-17)23(5)6/h7-14,20H,1H2,2-6H3. The van der Waals surface area contributed by atoms with Crippen LogP contribution in [0.25, 0.3) is 0 Å². The van der Waals surface area contributed by atoms with Crippen molar-refractivity contribution in [3.8, 4) is 0 Å². The molecule has 0 unspecified atom stereocenters. The second kappa shape index (κ2) is 7.88. The van der Waals surface area contributed by atoms with E-state index in [4.69, 9.17) is 4.74 Å². The highest BCUT2D eigenvalue weighted by Crippen LogP contribution is 2.29. The fraction of sp³-hybridized carbons (Fsp3) is 0.286. The molecule has 0 bridgehead atoms. The molecule has 2 rings (SSSR count). The number of hydrogen-bond donors (Lipinski definition) is 0. The maximum Gasteiger partial charge on any atom is 0.334 e. The van der Waals surface area contributed by atoms with E-state index >= 15 is 0 Å². The molecule has 0 aromatic heterocycles. The van der Waals surface area contributed by atoms with Gasteiger partial charge in [0.2, 0.25) is 0 Å². The lowest BCUT2D eigenvalue weighted by atomic mass is 10.0. The first-order valence-electron chi connectivity index (χ1n) is 8.20. The molecule has 25 heavy (non-hydrogen) atoms. The normalized spacial score (nSPS) is 10.5. The summed E-state index contributed by atoms with van der Waals surface area (Å²) in [6.45, 7) is 5.34. The largest absolute Gasteiger partial charge is 0.449 e. The number of carbonyl (C=O) groups is 1. The van der Waals surface area contributed by atoms with Crippen LogP contribution in [0, 0.1) is 0 Å². The molecule has 0 fully saturated rings. The Kier molecular flexibility index (Phi) is 5.86. The number of anilines is 2. The molecule has 132 valence electrons. The molecular formula is C21H26N2O2. The van der Waals surface area contributed by atoms with Gasteiger partial charge in [0, 0.05) is 45.1 Å². The Morgan fingerprint density at radius 3 is 1.48 bits per heavy atom. The van der Waals surface area contributed by atoms with E-state index in [0.29, 0.717) is 5.57 Å². The van der Waals surface area contributed by atoms with Crippen LogP contribution in [0.4, 0.5) is 11.4 Å². The van der Waals surface area contributed by atoms with E-state index in [2.05, 4.69) is 6.58 Å². The van der Waals surface area contributed by atoms with Crippen LogP contribution in [0.15, 0.2) is 60.7 Å². The van der Waals surface area contributed by atoms with E-state index in [-0.39, 0.29) is 0 Å². The Labute approximate surface area is 150 Å². The summed E-state index contributed by atoms with van der Waals surface area (Å²) in [5.41, 5.74) is 4.43. The van der Waals surface area contributed by atoms with Gasteiger partial charge in [0.15, 0.2) is 6.10 Å². The molecule has 0 spiro atoms. The molecule has 0 aliphatic carbocycles. The quantitative estimate of drug-likeness (QED) is 0.588. The molecular weight excluding hydrogens is 312 g/mol. The number of carbonyl (C=O) groups excluding carboxylic acids is 1. The molecule has 2 aromatic carbocycles. The number of nitrogens with zero attached hydrogens (tertiary/aromatic N) is 2. The average molecular weight is 338 g/mol. The van der Waals surface area contributed by atoms with Gasteiger partial charge in [-0.2, -0.15) is 0 Å². The van der Waals surface area contributed by atoms with Crippen molar-refractivity contribution in [2.45, 2.75) is 13.0 Å². The molecule has 0 atom stereocenters. The Morgan fingerprint density at radius 2 is 1.20 bits per heavy atom. The zero-order chi connectivity index (χ0) is 18.6.